The van der Waals surface area contributed by atoms with Crippen LogP contribution in [0.25, 0.3) is 10.9 Å². The third-order valence-electron chi connectivity index (χ3n) is 5.29. The van der Waals surface area contributed by atoms with Gasteiger partial charge >= 0.3 is 0 Å². The van der Waals surface area contributed by atoms with Gasteiger partial charge in [-0.15, -0.1) is 0 Å². The fourth-order valence-corrected chi connectivity index (χ4v) is 3.73. The van der Waals surface area contributed by atoms with Crippen molar-refractivity contribution < 1.29 is 14.3 Å². The summed E-state index contributed by atoms with van der Waals surface area (Å²) < 4.78 is 5.30. The highest BCUT2D eigenvalue weighted by molar-refractivity contribution is 5.97. The fraction of sp³-hybridized carbons (Fsp3) is 0.304. The summed E-state index contributed by atoms with van der Waals surface area (Å²) in [5.41, 5.74) is 4.46. The number of aromatic amines is 1. The molecule has 0 aliphatic carbocycles. The lowest BCUT2D eigenvalue weighted by atomic mass is 10.1. The summed E-state index contributed by atoms with van der Waals surface area (Å²) >= 11 is 0. The molecule has 1 aromatic heterocycles. The number of H-pyrrole nitrogens is 1. The van der Waals surface area contributed by atoms with Gasteiger partial charge in [-0.2, -0.15) is 0 Å². The maximum atomic E-state index is 12.5. The van der Waals surface area contributed by atoms with Gasteiger partial charge in [-0.05, 0) is 42.8 Å². The van der Waals surface area contributed by atoms with Gasteiger partial charge in [-0.3, -0.25) is 14.5 Å². The molecule has 1 fully saturated rings. The molecule has 3 N–H and O–H groups in total. The molecule has 0 bridgehead atoms. The molecule has 0 unspecified atom stereocenters. The van der Waals surface area contributed by atoms with Crippen LogP contribution in [-0.4, -0.2) is 54.5 Å². The molecule has 1 saturated heterocycles. The van der Waals surface area contributed by atoms with E-state index in [9.17, 15) is 9.59 Å². The van der Waals surface area contributed by atoms with Crippen LogP contribution in [0.3, 0.4) is 0 Å². The minimum absolute atomic E-state index is 0.0523. The van der Waals surface area contributed by atoms with Gasteiger partial charge in [0.15, 0.2) is 0 Å². The Labute approximate surface area is 175 Å². The molecule has 2 amide bonds. The number of carbonyl (C=O) groups is 2. The third kappa shape index (κ3) is 4.87. The predicted molar refractivity (Wildman–Crippen MR) is 118 cm³/mol. The monoisotopic (exact) mass is 406 g/mol. The molecule has 2 heterocycles. The van der Waals surface area contributed by atoms with E-state index in [0.717, 1.165) is 35.2 Å². The fourth-order valence-electron chi connectivity index (χ4n) is 3.73. The molecule has 7 nitrogen and oxygen atoms in total. The number of hydrogen-bond donors (Lipinski definition) is 3. The van der Waals surface area contributed by atoms with Gasteiger partial charge in [0, 0.05) is 41.1 Å². The van der Waals surface area contributed by atoms with Crippen molar-refractivity contribution >= 4 is 34.1 Å². The molecule has 156 valence electrons. The summed E-state index contributed by atoms with van der Waals surface area (Å²) in [5.74, 6) is -0.129. The second kappa shape index (κ2) is 9.11. The lowest BCUT2D eigenvalue weighted by Gasteiger charge is -2.25. The van der Waals surface area contributed by atoms with Gasteiger partial charge in [0.2, 0.25) is 11.8 Å². The van der Waals surface area contributed by atoms with Crippen molar-refractivity contribution in [1.29, 1.82) is 0 Å². The highest BCUT2D eigenvalue weighted by atomic mass is 16.5. The van der Waals surface area contributed by atoms with Crippen LogP contribution in [0.15, 0.2) is 48.5 Å². The zero-order chi connectivity index (χ0) is 20.9. The van der Waals surface area contributed by atoms with Gasteiger partial charge < -0.3 is 20.4 Å². The zero-order valence-electron chi connectivity index (χ0n) is 17.0. The van der Waals surface area contributed by atoms with Crippen LogP contribution in [0.5, 0.6) is 0 Å². The highest BCUT2D eigenvalue weighted by Crippen LogP contribution is 2.23. The first-order valence-corrected chi connectivity index (χ1v) is 10.1. The Morgan fingerprint density at radius 3 is 2.30 bits per heavy atom. The summed E-state index contributed by atoms with van der Waals surface area (Å²) in [6, 6.07) is 15.2. The first-order valence-electron chi connectivity index (χ1n) is 10.1. The van der Waals surface area contributed by atoms with Crippen LogP contribution in [0.4, 0.5) is 11.4 Å². The summed E-state index contributed by atoms with van der Waals surface area (Å²) in [5, 5.41) is 6.90. The van der Waals surface area contributed by atoms with Crippen molar-refractivity contribution in [2.45, 2.75) is 13.3 Å². The largest absolute Gasteiger partial charge is 0.379 e. The Morgan fingerprint density at radius 1 is 0.967 bits per heavy atom. The standard InChI is InChI=1S/C23H26N4O3/c1-16-20(19-4-2-3-5-21(19)24-16)14-22(28)25-17-6-8-18(9-7-17)26-23(29)15-27-10-12-30-13-11-27/h2-9,24H,10-15H2,1H3,(H,25,28)(H,26,29). The molecule has 30 heavy (non-hydrogen) atoms. The topological polar surface area (TPSA) is 86.5 Å². The van der Waals surface area contributed by atoms with Gasteiger partial charge in [-0.25, -0.2) is 0 Å². The predicted octanol–water partition coefficient (Wildman–Crippen LogP) is 2.93. The maximum Gasteiger partial charge on any atom is 0.238 e. The molecule has 0 atom stereocenters. The third-order valence-corrected chi connectivity index (χ3v) is 5.29. The minimum atomic E-state index is -0.0769. The van der Waals surface area contributed by atoms with Crippen molar-refractivity contribution in [3.8, 4) is 0 Å². The van der Waals surface area contributed by atoms with Crippen molar-refractivity contribution in [3.63, 3.8) is 0 Å². The van der Waals surface area contributed by atoms with Crippen LogP contribution in [0.2, 0.25) is 0 Å². The Balaban J connectivity index is 1.32. The summed E-state index contributed by atoms with van der Waals surface area (Å²) in [6.07, 6.45) is 0.299. The van der Waals surface area contributed by atoms with Crippen LogP contribution in [-0.2, 0) is 20.7 Å². The molecule has 1 aliphatic heterocycles. The van der Waals surface area contributed by atoms with Gasteiger partial charge in [0.1, 0.15) is 0 Å². The average Bonchev–Trinajstić information content (AvgIpc) is 3.05. The van der Waals surface area contributed by atoms with E-state index in [1.807, 2.05) is 31.2 Å². The Kier molecular flexibility index (Phi) is 6.11. The number of para-hydroxylation sites is 1. The number of rotatable bonds is 6. The molecule has 0 radical (unpaired) electrons. The van der Waals surface area contributed by atoms with Crippen LogP contribution >= 0.6 is 0 Å². The van der Waals surface area contributed by atoms with Crippen LogP contribution < -0.4 is 10.6 Å². The number of morpholine rings is 1. The second-order valence-corrected chi connectivity index (χ2v) is 7.51. The van der Waals surface area contributed by atoms with Crippen molar-refractivity contribution in [2.24, 2.45) is 0 Å². The Bertz CT molecular complexity index is 1040. The smallest absolute Gasteiger partial charge is 0.238 e. The van der Waals surface area contributed by atoms with E-state index < -0.39 is 0 Å². The first kappa shape index (κ1) is 20.1. The number of fused-ring (bicyclic) bond motifs is 1. The normalized spacial score (nSPS) is 14.6. The number of ether oxygens (including phenoxy) is 1. The molecular weight excluding hydrogens is 380 g/mol. The first-order chi connectivity index (χ1) is 14.6. The number of carbonyl (C=O) groups excluding carboxylic acids is 2. The Morgan fingerprint density at radius 2 is 1.60 bits per heavy atom. The van der Waals surface area contributed by atoms with Gasteiger partial charge in [0.05, 0.1) is 26.2 Å². The zero-order valence-corrected chi connectivity index (χ0v) is 17.0. The van der Waals surface area contributed by atoms with E-state index in [1.54, 1.807) is 24.3 Å². The van der Waals surface area contributed by atoms with Crippen molar-refractivity contribution in [1.82, 2.24) is 9.88 Å². The second-order valence-electron chi connectivity index (χ2n) is 7.51. The number of nitrogens with one attached hydrogen (secondary N) is 3. The summed E-state index contributed by atoms with van der Waals surface area (Å²) in [7, 11) is 0. The SMILES string of the molecule is Cc1[nH]c2ccccc2c1CC(=O)Nc1ccc(NC(=O)CN2CCOCC2)cc1. The molecule has 7 heteroatoms. The molecule has 0 spiro atoms. The van der Waals surface area contributed by atoms with E-state index >= 15 is 0 Å². The molecule has 0 saturated carbocycles. The number of aromatic nitrogens is 1. The summed E-state index contributed by atoms with van der Waals surface area (Å²) in [4.78, 5) is 30.1. The van der Waals surface area contributed by atoms with E-state index in [1.165, 1.54) is 0 Å². The summed E-state index contributed by atoms with van der Waals surface area (Å²) in [6.45, 7) is 5.21. The van der Waals surface area contributed by atoms with E-state index in [4.69, 9.17) is 4.74 Å². The highest BCUT2D eigenvalue weighted by Gasteiger charge is 2.15. The van der Waals surface area contributed by atoms with E-state index in [0.29, 0.717) is 37.6 Å². The maximum absolute atomic E-state index is 12.5. The van der Waals surface area contributed by atoms with E-state index in [2.05, 4.69) is 20.5 Å². The molecule has 3 aromatic rings. The molecular formula is C23H26N4O3. The number of hydrogen-bond acceptors (Lipinski definition) is 4. The van der Waals surface area contributed by atoms with Crippen LogP contribution in [0.1, 0.15) is 11.3 Å². The molecule has 2 aromatic carbocycles. The lowest BCUT2D eigenvalue weighted by molar-refractivity contribution is -0.118. The molecule has 1 aliphatic rings. The van der Waals surface area contributed by atoms with Crippen LogP contribution in [0, 0.1) is 6.92 Å². The van der Waals surface area contributed by atoms with Crippen molar-refractivity contribution in [2.75, 3.05) is 43.5 Å². The van der Waals surface area contributed by atoms with Gasteiger partial charge in [0.25, 0.3) is 0 Å². The molecule has 4 rings (SSSR count). The minimum Gasteiger partial charge on any atom is -0.379 e. The Hall–Kier alpha value is -3.16. The number of nitrogens with zero attached hydrogens (tertiary/aromatic N) is 1. The quantitative estimate of drug-likeness (QED) is 0.588. The number of anilines is 2. The number of benzene rings is 2. The van der Waals surface area contributed by atoms with Gasteiger partial charge in [-0.1, -0.05) is 18.2 Å². The van der Waals surface area contributed by atoms with E-state index in [-0.39, 0.29) is 11.8 Å². The number of amides is 2. The average molecular weight is 406 g/mol. The van der Waals surface area contributed by atoms with Crippen molar-refractivity contribution in [3.05, 3.63) is 59.8 Å². The lowest BCUT2D eigenvalue weighted by Crippen LogP contribution is -2.41. The number of aryl methyl sites for hydroxylation is 1.